The van der Waals surface area contributed by atoms with Crippen LogP contribution in [0.4, 0.5) is 0 Å². The molecule has 0 amide bonds. The Bertz CT molecular complexity index is 2080. The average Bonchev–Trinajstić information content (AvgIpc) is 3.69. The van der Waals surface area contributed by atoms with Crippen molar-refractivity contribution in [3.8, 4) is 27.5 Å². The predicted octanol–water partition coefficient (Wildman–Crippen LogP) is 8.26. The molecule has 0 saturated heterocycles. The molecule has 0 unspecified atom stereocenters. The van der Waals surface area contributed by atoms with E-state index in [1.54, 1.807) is 11.3 Å². The Labute approximate surface area is 215 Å². The van der Waals surface area contributed by atoms with Crippen LogP contribution in [0.2, 0.25) is 0 Å². The van der Waals surface area contributed by atoms with Crippen molar-refractivity contribution in [1.29, 1.82) is 0 Å². The van der Waals surface area contributed by atoms with Crippen LogP contribution in [0.25, 0.3) is 71.3 Å². The number of benzene rings is 4. The zero-order valence-electron chi connectivity index (χ0n) is 19.5. The molecule has 8 rings (SSSR count). The lowest BCUT2D eigenvalue weighted by molar-refractivity contribution is 0.673. The van der Waals surface area contributed by atoms with E-state index in [1.807, 2.05) is 6.07 Å². The molecule has 4 heterocycles. The summed E-state index contributed by atoms with van der Waals surface area (Å²) in [5.74, 6) is 0.650. The summed E-state index contributed by atoms with van der Waals surface area (Å²) in [5, 5.41) is 6.59. The fourth-order valence-corrected chi connectivity index (χ4v) is 6.04. The van der Waals surface area contributed by atoms with Gasteiger partial charge in [-0.15, -0.1) is 11.3 Å². The molecule has 5 nitrogen and oxygen atoms in total. The first-order chi connectivity index (χ1) is 18.3. The summed E-state index contributed by atoms with van der Waals surface area (Å²) in [4.78, 5) is 14.0. The van der Waals surface area contributed by atoms with Crippen LogP contribution in [-0.4, -0.2) is 19.5 Å². The van der Waals surface area contributed by atoms with Crippen LogP contribution >= 0.6 is 11.3 Å². The van der Waals surface area contributed by atoms with Gasteiger partial charge in [0, 0.05) is 32.3 Å². The summed E-state index contributed by atoms with van der Waals surface area (Å²) in [7, 11) is 0. The third-order valence-electron chi connectivity index (χ3n) is 6.94. The van der Waals surface area contributed by atoms with Crippen LogP contribution < -0.4 is 0 Å². The SMILES string of the molecule is c1ccc(-n2c3cc(-c4ncncn4)ccc3c3c4oc5ccc(-c6cccs6)cc5c4ccc32)cc1. The lowest BCUT2D eigenvalue weighted by Gasteiger charge is -2.08. The molecule has 174 valence electrons. The number of hydrogen-bond donors (Lipinski definition) is 0. The Kier molecular flexibility index (Phi) is 4.32. The summed E-state index contributed by atoms with van der Waals surface area (Å²) in [6, 6.07) is 31.9. The fourth-order valence-electron chi connectivity index (χ4n) is 5.31. The van der Waals surface area contributed by atoms with Crippen molar-refractivity contribution in [2.24, 2.45) is 0 Å². The molecule has 0 aliphatic carbocycles. The van der Waals surface area contributed by atoms with Crippen LogP contribution in [0.1, 0.15) is 0 Å². The van der Waals surface area contributed by atoms with Gasteiger partial charge in [-0.05, 0) is 65.5 Å². The van der Waals surface area contributed by atoms with Gasteiger partial charge in [-0.2, -0.15) is 0 Å². The minimum Gasteiger partial charge on any atom is -0.455 e. The number of rotatable bonds is 3. The van der Waals surface area contributed by atoms with Gasteiger partial charge in [-0.25, -0.2) is 15.0 Å². The van der Waals surface area contributed by atoms with Gasteiger partial charge in [0.2, 0.25) is 0 Å². The van der Waals surface area contributed by atoms with Gasteiger partial charge in [0.15, 0.2) is 5.82 Å². The predicted molar refractivity (Wildman–Crippen MR) is 150 cm³/mol. The lowest BCUT2D eigenvalue weighted by atomic mass is 10.0. The van der Waals surface area contributed by atoms with Crippen molar-refractivity contribution >= 4 is 55.1 Å². The van der Waals surface area contributed by atoms with Crippen LogP contribution in [0, 0.1) is 0 Å². The summed E-state index contributed by atoms with van der Waals surface area (Å²) in [5.41, 5.74) is 7.21. The van der Waals surface area contributed by atoms with Gasteiger partial charge in [-0.3, -0.25) is 0 Å². The lowest BCUT2D eigenvalue weighted by Crippen LogP contribution is -1.94. The largest absolute Gasteiger partial charge is 0.455 e. The number of thiophene rings is 1. The summed E-state index contributed by atoms with van der Waals surface area (Å²) < 4.78 is 8.86. The molecule has 0 atom stereocenters. The number of furan rings is 1. The normalized spacial score (nSPS) is 11.8. The van der Waals surface area contributed by atoms with E-state index >= 15 is 0 Å². The van der Waals surface area contributed by atoms with Crippen molar-refractivity contribution in [1.82, 2.24) is 19.5 Å². The Morgan fingerprint density at radius 1 is 0.676 bits per heavy atom. The molecule has 8 aromatic rings. The van der Waals surface area contributed by atoms with Crippen LogP contribution in [0.3, 0.4) is 0 Å². The molecule has 0 fully saturated rings. The third kappa shape index (κ3) is 3.06. The van der Waals surface area contributed by atoms with Crippen LogP contribution in [0.15, 0.2) is 113 Å². The van der Waals surface area contributed by atoms with E-state index in [0.29, 0.717) is 5.82 Å². The van der Waals surface area contributed by atoms with Gasteiger partial charge in [-0.1, -0.05) is 36.4 Å². The number of para-hydroxylation sites is 1. The second kappa shape index (κ2) is 7.85. The monoisotopic (exact) mass is 494 g/mol. The molecular formula is C31H18N4OS. The summed E-state index contributed by atoms with van der Waals surface area (Å²) in [6.45, 7) is 0. The topological polar surface area (TPSA) is 56.7 Å². The minimum absolute atomic E-state index is 0.650. The highest BCUT2D eigenvalue weighted by Crippen LogP contribution is 2.42. The third-order valence-corrected chi connectivity index (χ3v) is 7.86. The maximum Gasteiger partial charge on any atom is 0.162 e. The van der Waals surface area contributed by atoms with E-state index in [9.17, 15) is 0 Å². The maximum absolute atomic E-state index is 6.57. The number of aromatic nitrogens is 4. The van der Waals surface area contributed by atoms with Crippen molar-refractivity contribution in [2.75, 3.05) is 0 Å². The molecule has 0 N–H and O–H groups in total. The Morgan fingerprint density at radius 2 is 1.51 bits per heavy atom. The number of nitrogens with zero attached hydrogens (tertiary/aromatic N) is 4. The molecule has 4 aromatic carbocycles. The van der Waals surface area contributed by atoms with Crippen molar-refractivity contribution in [3.63, 3.8) is 0 Å². The van der Waals surface area contributed by atoms with Crippen LogP contribution in [0.5, 0.6) is 0 Å². The average molecular weight is 495 g/mol. The van der Waals surface area contributed by atoms with E-state index in [4.69, 9.17) is 4.42 Å². The molecule has 0 aliphatic rings. The van der Waals surface area contributed by atoms with Crippen molar-refractivity contribution in [2.45, 2.75) is 0 Å². The Morgan fingerprint density at radius 3 is 2.35 bits per heavy atom. The molecule has 0 saturated carbocycles. The van der Waals surface area contributed by atoms with E-state index < -0.39 is 0 Å². The van der Waals surface area contributed by atoms with E-state index in [2.05, 4.69) is 110 Å². The molecule has 0 spiro atoms. The second-order valence-electron chi connectivity index (χ2n) is 8.99. The first-order valence-corrected chi connectivity index (χ1v) is 12.9. The minimum atomic E-state index is 0.650. The quantitative estimate of drug-likeness (QED) is 0.248. The first-order valence-electron chi connectivity index (χ1n) is 12.0. The molecule has 37 heavy (non-hydrogen) atoms. The molecule has 0 radical (unpaired) electrons. The molecule has 6 heteroatoms. The molecule has 0 bridgehead atoms. The van der Waals surface area contributed by atoms with Gasteiger partial charge in [0.1, 0.15) is 23.8 Å². The second-order valence-corrected chi connectivity index (χ2v) is 9.94. The Hall–Kier alpha value is -4.81. The van der Waals surface area contributed by atoms with Gasteiger partial charge >= 0.3 is 0 Å². The highest BCUT2D eigenvalue weighted by molar-refractivity contribution is 7.13. The first kappa shape index (κ1) is 20.4. The molecule has 0 aliphatic heterocycles. The number of hydrogen-bond acceptors (Lipinski definition) is 5. The van der Waals surface area contributed by atoms with Crippen molar-refractivity contribution in [3.05, 3.63) is 109 Å². The maximum atomic E-state index is 6.57. The highest BCUT2D eigenvalue weighted by atomic mass is 32.1. The van der Waals surface area contributed by atoms with E-state index in [-0.39, 0.29) is 0 Å². The summed E-state index contributed by atoms with van der Waals surface area (Å²) >= 11 is 1.75. The summed E-state index contributed by atoms with van der Waals surface area (Å²) in [6.07, 6.45) is 3.06. The van der Waals surface area contributed by atoms with Gasteiger partial charge in [0.25, 0.3) is 0 Å². The molecule has 4 aromatic heterocycles. The Balaban J connectivity index is 1.47. The number of fused-ring (bicyclic) bond motifs is 7. The van der Waals surface area contributed by atoms with Crippen LogP contribution in [-0.2, 0) is 0 Å². The standard InChI is InChI=1S/C31H18N4OS/c1-2-5-21(6-3-1)35-25-12-11-22-24-15-19(28-7-4-14-37-28)9-13-27(24)36-30(22)29(25)23-10-8-20(16-26(23)35)31-33-17-32-18-34-31/h1-18H. The smallest absolute Gasteiger partial charge is 0.162 e. The zero-order chi connectivity index (χ0) is 24.3. The van der Waals surface area contributed by atoms with Crippen molar-refractivity contribution < 1.29 is 4.42 Å². The molecular weight excluding hydrogens is 476 g/mol. The zero-order valence-corrected chi connectivity index (χ0v) is 20.3. The van der Waals surface area contributed by atoms with E-state index in [0.717, 1.165) is 55.0 Å². The van der Waals surface area contributed by atoms with Gasteiger partial charge in [0.05, 0.1) is 16.4 Å². The highest BCUT2D eigenvalue weighted by Gasteiger charge is 2.20. The van der Waals surface area contributed by atoms with Gasteiger partial charge < -0.3 is 8.98 Å². The van der Waals surface area contributed by atoms with E-state index in [1.165, 1.54) is 23.1 Å². The fraction of sp³-hybridized carbons (Fsp3) is 0.